The molecule has 0 aromatic carbocycles. The lowest BCUT2D eigenvalue weighted by Gasteiger charge is -2.36. The molecule has 70 valence electrons. The first-order valence-corrected chi connectivity index (χ1v) is 5.56. The van der Waals surface area contributed by atoms with Gasteiger partial charge < -0.3 is 0 Å². The van der Waals surface area contributed by atoms with E-state index < -0.39 is 0 Å². The molecule has 0 radical (unpaired) electrons. The zero-order chi connectivity index (χ0) is 8.82. The molecule has 0 saturated heterocycles. The molecule has 2 aliphatic carbocycles. The van der Waals surface area contributed by atoms with Crippen LogP contribution in [0.4, 0.5) is 0 Å². The second-order valence-electron chi connectivity index (χ2n) is 5.89. The van der Waals surface area contributed by atoms with Gasteiger partial charge in [0.05, 0.1) is 0 Å². The molecule has 0 heterocycles. The zero-order valence-electron chi connectivity index (χ0n) is 8.82. The van der Waals surface area contributed by atoms with E-state index in [1.807, 2.05) is 0 Å². The summed E-state index contributed by atoms with van der Waals surface area (Å²) in [5.41, 5.74) is 1.34. The number of hydrogen-bond donors (Lipinski definition) is 0. The molecule has 0 spiro atoms. The van der Waals surface area contributed by atoms with Crippen LogP contribution in [0, 0.1) is 16.7 Å². The summed E-state index contributed by atoms with van der Waals surface area (Å²) in [4.78, 5) is 0. The van der Waals surface area contributed by atoms with Crippen molar-refractivity contribution >= 4 is 0 Å². The van der Waals surface area contributed by atoms with Gasteiger partial charge in [0.1, 0.15) is 0 Å². The van der Waals surface area contributed by atoms with Crippen molar-refractivity contribution in [2.24, 2.45) is 16.7 Å². The van der Waals surface area contributed by atoms with Crippen LogP contribution in [0.25, 0.3) is 0 Å². The molecule has 12 heavy (non-hydrogen) atoms. The van der Waals surface area contributed by atoms with Crippen LogP contribution in [0.3, 0.4) is 0 Å². The first kappa shape index (κ1) is 8.59. The smallest absolute Gasteiger partial charge is 0.0220 e. The Hall–Kier alpha value is 0. The normalized spacial score (nSPS) is 29.2. The fourth-order valence-corrected chi connectivity index (χ4v) is 3.38. The summed E-state index contributed by atoms with van der Waals surface area (Å²) < 4.78 is 0. The standard InChI is InChI=1S/C12H22/c1-11(2,3)12(8-9-12)10-6-4-5-7-10/h10H,4-9H2,1-3H3. The maximum atomic E-state index is 2.44. The van der Waals surface area contributed by atoms with E-state index in [0.29, 0.717) is 5.41 Å². The van der Waals surface area contributed by atoms with Crippen molar-refractivity contribution in [1.82, 2.24) is 0 Å². The van der Waals surface area contributed by atoms with Crippen LogP contribution >= 0.6 is 0 Å². The van der Waals surface area contributed by atoms with Crippen LogP contribution < -0.4 is 0 Å². The monoisotopic (exact) mass is 166 g/mol. The van der Waals surface area contributed by atoms with Crippen molar-refractivity contribution < 1.29 is 0 Å². The van der Waals surface area contributed by atoms with Gasteiger partial charge in [0.15, 0.2) is 0 Å². The van der Waals surface area contributed by atoms with Crippen LogP contribution in [-0.4, -0.2) is 0 Å². The molecule has 0 bridgehead atoms. The van der Waals surface area contributed by atoms with Crippen LogP contribution in [0.1, 0.15) is 59.3 Å². The van der Waals surface area contributed by atoms with E-state index in [0.717, 1.165) is 11.3 Å². The largest absolute Gasteiger partial charge is 0.0596 e. The highest BCUT2D eigenvalue weighted by molar-refractivity contribution is 5.06. The highest BCUT2D eigenvalue weighted by Crippen LogP contribution is 2.66. The fourth-order valence-electron chi connectivity index (χ4n) is 3.38. The minimum Gasteiger partial charge on any atom is -0.0596 e. The Morgan fingerprint density at radius 1 is 1.00 bits per heavy atom. The molecule has 0 atom stereocenters. The molecule has 0 amide bonds. The van der Waals surface area contributed by atoms with Crippen molar-refractivity contribution in [2.75, 3.05) is 0 Å². The second kappa shape index (κ2) is 2.49. The summed E-state index contributed by atoms with van der Waals surface area (Å²) in [5, 5.41) is 0. The van der Waals surface area contributed by atoms with E-state index in [9.17, 15) is 0 Å². The Bertz CT molecular complexity index is 163. The molecule has 0 aromatic rings. The number of rotatable bonds is 1. The molecule has 0 aliphatic heterocycles. The summed E-state index contributed by atoms with van der Waals surface area (Å²) in [6.45, 7) is 7.33. The van der Waals surface area contributed by atoms with Gasteiger partial charge in [0, 0.05) is 0 Å². The maximum Gasteiger partial charge on any atom is -0.0220 e. The highest BCUT2D eigenvalue weighted by Gasteiger charge is 2.56. The van der Waals surface area contributed by atoms with E-state index in [1.54, 1.807) is 0 Å². The zero-order valence-corrected chi connectivity index (χ0v) is 8.82. The molecule has 0 nitrogen and oxygen atoms in total. The minimum absolute atomic E-state index is 0.571. The Morgan fingerprint density at radius 3 is 1.83 bits per heavy atom. The molecule has 0 heteroatoms. The van der Waals surface area contributed by atoms with Gasteiger partial charge in [0.25, 0.3) is 0 Å². The van der Waals surface area contributed by atoms with Gasteiger partial charge >= 0.3 is 0 Å². The second-order valence-corrected chi connectivity index (χ2v) is 5.89. The van der Waals surface area contributed by atoms with Gasteiger partial charge in [-0.05, 0) is 42.4 Å². The van der Waals surface area contributed by atoms with Crippen LogP contribution in [0.15, 0.2) is 0 Å². The van der Waals surface area contributed by atoms with E-state index in [1.165, 1.54) is 38.5 Å². The topological polar surface area (TPSA) is 0 Å². The van der Waals surface area contributed by atoms with Gasteiger partial charge in [-0.3, -0.25) is 0 Å². The third kappa shape index (κ3) is 1.11. The Labute approximate surface area is 76.7 Å². The predicted molar refractivity (Wildman–Crippen MR) is 53.1 cm³/mol. The third-order valence-electron chi connectivity index (χ3n) is 4.42. The lowest BCUT2D eigenvalue weighted by molar-refractivity contribution is 0.132. The average Bonchev–Trinajstić information content (AvgIpc) is 2.61. The fraction of sp³-hybridized carbons (Fsp3) is 1.00. The summed E-state index contributed by atoms with van der Waals surface area (Å²) in [6.07, 6.45) is 9.09. The van der Waals surface area contributed by atoms with E-state index in [2.05, 4.69) is 20.8 Å². The quantitative estimate of drug-likeness (QED) is 0.552. The van der Waals surface area contributed by atoms with Crippen molar-refractivity contribution in [3.63, 3.8) is 0 Å². The Balaban J connectivity index is 2.10. The lowest BCUT2D eigenvalue weighted by atomic mass is 9.69. The SMILES string of the molecule is CC(C)(C)C1(C2CCCC2)CC1. The lowest BCUT2D eigenvalue weighted by Crippen LogP contribution is -2.28. The summed E-state index contributed by atoms with van der Waals surface area (Å²) in [7, 11) is 0. The van der Waals surface area contributed by atoms with Crippen LogP contribution in [0.2, 0.25) is 0 Å². The third-order valence-corrected chi connectivity index (χ3v) is 4.42. The van der Waals surface area contributed by atoms with Gasteiger partial charge in [-0.15, -0.1) is 0 Å². The molecule has 2 rings (SSSR count). The van der Waals surface area contributed by atoms with Crippen molar-refractivity contribution in [1.29, 1.82) is 0 Å². The van der Waals surface area contributed by atoms with Crippen LogP contribution in [-0.2, 0) is 0 Å². The Kier molecular flexibility index (Phi) is 1.79. The van der Waals surface area contributed by atoms with Crippen molar-refractivity contribution in [3.05, 3.63) is 0 Å². The summed E-state index contributed by atoms with van der Waals surface area (Å²) >= 11 is 0. The van der Waals surface area contributed by atoms with E-state index >= 15 is 0 Å². The average molecular weight is 166 g/mol. The Morgan fingerprint density at radius 2 is 1.50 bits per heavy atom. The molecule has 0 unspecified atom stereocenters. The van der Waals surface area contributed by atoms with Crippen LogP contribution in [0.5, 0.6) is 0 Å². The van der Waals surface area contributed by atoms with E-state index in [4.69, 9.17) is 0 Å². The van der Waals surface area contributed by atoms with E-state index in [-0.39, 0.29) is 0 Å². The van der Waals surface area contributed by atoms with Gasteiger partial charge in [-0.25, -0.2) is 0 Å². The van der Waals surface area contributed by atoms with Crippen molar-refractivity contribution in [2.45, 2.75) is 59.3 Å². The molecular formula is C12H22. The van der Waals surface area contributed by atoms with Gasteiger partial charge in [-0.2, -0.15) is 0 Å². The minimum atomic E-state index is 0.571. The first-order chi connectivity index (χ1) is 5.56. The molecule has 0 aromatic heterocycles. The predicted octanol–water partition coefficient (Wildman–Crippen LogP) is 4.00. The number of hydrogen-bond acceptors (Lipinski definition) is 0. The highest BCUT2D eigenvalue weighted by atomic mass is 14.6. The molecule has 2 aliphatic rings. The molecule has 2 fully saturated rings. The maximum absolute atomic E-state index is 2.44. The molecule has 2 saturated carbocycles. The van der Waals surface area contributed by atoms with Gasteiger partial charge in [-0.1, -0.05) is 33.6 Å². The summed E-state index contributed by atoms with van der Waals surface area (Å²) in [6, 6.07) is 0. The van der Waals surface area contributed by atoms with Gasteiger partial charge in [0.2, 0.25) is 0 Å². The first-order valence-electron chi connectivity index (χ1n) is 5.56. The summed E-state index contributed by atoms with van der Waals surface area (Å²) in [5.74, 6) is 1.08. The molecular weight excluding hydrogens is 144 g/mol. The van der Waals surface area contributed by atoms with Crippen molar-refractivity contribution in [3.8, 4) is 0 Å². The molecule has 0 N–H and O–H groups in total.